The number of aromatic carboxylic acids is 1. The number of carboxylic acids is 1. The summed E-state index contributed by atoms with van der Waals surface area (Å²) in [6, 6.07) is 11.0. The molecule has 0 aliphatic rings. The van der Waals surface area contributed by atoms with E-state index in [0.717, 1.165) is 9.87 Å². The molecule has 2 N–H and O–H groups in total. The van der Waals surface area contributed by atoms with E-state index >= 15 is 0 Å². The van der Waals surface area contributed by atoms with Crippen LogP contribution in [0.3, 0.4) is 0 Å². The minimum absolute atomic E-state index is 0.0591. The van der Waals surface area contributed by atoms with E-state index in [-0.39, 0.29) is 16.6 Å². The molecule has 1 unspecified atom stereocenters. The van der Waals surface area contributed by atoms with Crippen molar-refractivity contribution in [1.82, 2.24) is 9.29 Å². The van der Waals surface area contributed by atoms with Crippen LogP contribution in [-0.2, 0) is 10.0 Å². The van der Waals surface area contributed by atoms with Crippen LogP contribution in [0.1, 0.15) is 29.0 Å². The number of anilines is 1. The van der Waals surface area contributed by atoms with Crippen molar-refractivity contribution in [3.05, 3.63) is 53.7 Å². The first-order valence-corrected chi connectivity index (χ1v) is 8.65. The Kier molecular flexibility index (Phi) is 5.20. The van der Waals surface area contributed by atoms with Crippen LogP contribution in [0.15, 0.2) is 47.4 Å². The lowest BCUT2D eigenvalue weighted by Gasteiger charge is -2.17. The van der Waals surface area contributed by atoms with Gasteiger partial charge in [0.15, 0.2) is 5.69 Å². The highest BCUT2D eigenvalue weighted by molar-refractivity contribution is 7.89. The van der Waals surface area contributed by atoms with Crippen LogP contribution < -0.4 is 5.32 Å². The summed E-state index contributed by atoms with van der Waals surface area (Å²) in [6.07, 6.45) is 0. The zero-order valence-electron chi connectivity index (χ0n) is 13.6. The molecule has 1 atom stereocenters. The van der Waals surface area contributed by atoms with Crippen molar-refractivity contribution in [2.24, 2.45) is 0 Å². The van der Waals surface area contributed by atoms with Gasteiger partial charge in [-0.05, 0) is 36.8 Å². The highest BCUT2D eigenvalue weighted by Crippen LogP contribution is 2.22. The van der Waals surface area contributed by atoms with Gasteiger partial charge in [0.25, 0.3) is 0 Å². The van der Waals surface area contributed by atoms with Crippen molar-refractivity contribution < 1.29 is 18.3 Å². The molecule has 0 bridgehead atoms. The Morgan fingerprint density at radius 2 is 1.88 bits per heavy atom. The van der Waals surface area contributed by atoms with Crippen LogP contribution in [0.4, 0.5) is 5.82 Å². The van der Waals surface area contributed by atoms with Crippen LogP contribution in [0, 0.1) is 0 Å². The number of hydrogen-bond donors (Lipinski definition) is 2. The summed E-state index contributed by atoms with van der Waals surface area (Å²) < 4.78 is 25.6. The Bertz CT molecular complexity index is 850. The van der Waals surface area contributed by atoms with E-state index in [1.165, 1.54) is 26.2 Å². The predicted octanol–water partition coefficient (Wildman–Crippen LogP) is 2.20. The average Bonchev–Trinajstić information content (AvgIpc) is 2.55. The topological polar surface area (TPSA) is 99.6 Å². The molecule has 1 heterocycles. The second-order valence-electron chi connectivity index (χ2n) is 5.44. The summed E-state index contributed by atoms with van der Waals surface area (Å²) in [7, 11) is -0.557. The number of aromatic nitrogens is 1. The first kappa shape index (κ1) is 17.9. The minimum atomic E-state index is -3.51. The van der Waals surface area contributed by atoms with Gasteiger partial charge in [0.1, 0.15) is 5.82 Å². The highest BCUT2D eigenvalue weighted by atomic mass is 32.2. The van der Waals surface area contributed by atoms with Gasteiger partial charge < -0.3 is 10.4 Å². The molecular weight excluding hydrogens is 330 g/mol. The molecule has 0 aliphatic heterocycles. The third kappa shape index (κ3) is 3.90. The number of carboxylic acid groups (broad SMARTS) is 1. The fraction of sp³-hybridized carbons (Fsp3) is 0.250. The third-order valence-electron chi connectivity index (χ3n) is 3.47. The van der Waals surface area contributed by atoms with E-state index in [4.69, 9.17) is 5.11 Å². The molecule has 0 aliphatic carbocycles. The summed E-state index contributed by atoms with van der Waals surface area (Å²) in [5.74, 6) is -0.700. The van der Waals surface area contributed by atoms with Gasteiger partial charge in [0.2, 0.25) is 10.0 Å². The number of benzene rings is 1. The Labute approximate surface area is 141 Å². The van der Waals surface area contributed by atoms with Gasteiger partial charge in [0, 0.05) is 20.1 Å². The van der Waals surface area contributed by atoms with Crippen LogP contribution in [-0.4, -0.2) is 42.9 Å². The fourth-order valence-electron chi connectivity index (χ4n) is 2.09. The number of sulfonamides is 1. The van der Waals surface area contributed by atoms with E-state index in [1.807, 2.05) is 6.92 Å². The Morgan fingerprint density at radius 3 is 2.50 bits per heavy atom. The van der Waals surface area contributed by atoms with Crippen LogP contribution in [0.5, 0.6) is 0 Å². The predicted molar refractivity (Wildman–Crippen MR) is 90.5 cm³/mol. The molecule has 1 aromatic carbocycles. The lowest BCUT2D eigenvalue weighted by atomic mass is 10.1. The van der Waals surface area contributed by atoms with Gasteiger partial charge >= 0.3 is 5.97 Å². The summed E-state index contributed by atoms with van der Waals surface area (Å²) in [5.41, 5.74) is 0.691. The van der Waals surface area contributed by atoms with E-state index in [2.05, 4.69) is 10.3 Å². The van der Waals surface area contributed by atoms with Gasteiger partial charge in [-0.2, -0.15) is 0 Å². The summed E-state index contributed by atoms with van der Waals surface area (Å²) >= 11 is 0. The quantitative estimate of drug-likeness (QED) is 0.829. The van der Waals surface area contributed by atoms with Crippen LogP contribution in [0.25, 0.3) is 0 Å². The first-order chi connectivity index (χ1) is 11.2. The molecule has 7 nitrogen and oxygen atoms in total. The molecule has 0 saturated heterocycles. The van der Waals surface area contributed by atoms with E-state index in [9.17, 15) is 13.2 Å². The number of rotatable bonds is 6. The SMILES string of the molecule is CC(Nc1cccc(C(=O)O)n1)c1cccc(S(=O)(=O)N(C)C)c1. The molecule has 2 aromatic rings. The van der Waals surface area contributed by atoms with E-state index < -0.39 is 16.0 Å². The molecule has 0 spiro atoms. The smallest absolute Gasteiger partial charge is 0.354 e. The van der Waals surface area contributed by atoms with Crippen molar-refractivity contribution in [2.45, 2.75) is 17.9 Å². The highest BCUT2D eigenvalue weighted by Gasteiger charge is 2.18. The summed E-state index contributed by atoms with van der Waals surface area (Å²) in [6.45, 7) is 1.84. The molecule has 0 fully saturated rings. The van der Waals surface area contributed by atoms with Crippen LogP contribution >= 0.6 is 0 Å². The largest absolute Gasteiger partial charge is 0.477 e. The van der Waals surface area contributed by atoms with Gasteiger partial charge in [-0.3, -0.25) is 0 Å². The van der Waals surface area contributed by atoms with E-state index in [1.54, 1.807) is 30.3 Å². The summed E-state index contributed by atoms with van der Waals surface area (Å²) in [4.78, 5) is 15.2. The van der Waals surface area contributed by atoms with Gasteiger partial charge in [0.05, 0.1) is 4.90 Å². The maximum absolute atomic E-state index is 12.2. The van der Waals surface area contributed by atoms with Crippen molar-refractivity contribution in [3.63, 3.8) is 0 Å². The molecule has 0 saturated carbocycles. The minimum Gasteiger partial charge on any atom is -0.477 e. The average molecular weight is 349 g/mol. The number of carbonyl (C=O) groups is 1. The lowest BCUT2D eigenvalue weighted by molar-refractivity contribution is 0.0690. The fourth-order valence-corrected chi connectivity index (χ4v) is 3.05. The van der Waals surface area contributed by atoms with E-state index in [0.29, 0.717) is 5.82 Å². The molecule has 8 heteroatoms. The van der Waals surface area contributed by atoms with Gasteiger partial charge in [-0.15, -0.1) is 0 Å². The number of nitrogens with zero attached hydrogens (tertiary/aromatic N) is 2. The lowest BCUT2D eigenvalue weighted by Crippen LogP contribution is -2.22. The Balaban J connectivity index is 2.26. The summed E-state index contributed by atoms with van der Waals surface area (Å²) in [5, 5.41) is 12.1. The second kappa shape index (κ2) is 6.98. The Hall–Kier alpha value is -2.45. The molecule has 2 rings (SSSR count). The van der Waals surface area contributed by atoms with Crippen molar-refractivity contribution in [3.8, 4) is 0 Å². The van der Waals surface area contributed by atoms with Crippen molar-refractivity contribution in [2.75, 3.05) is 19.4 Å². The molecule has 128 valence electrons. The van der Waals surface area contributed by atoms with Crippen molar-refractivity contribution in [1.29, 1.82) is 0 Å². The second-order valence-corrected chi connectivity index (χ2v) is 7.59. The maximum atomic E-state index is 12.2. The van der Waals surface area contributed by atoms with Gasteiger partial charge in [-0.1, -0.05) is 18.2 Å². The standard InChI is InChI=1S/C16H19N3O4S/c1-11(17-15-9-5-8-14(18-15)16(20)21)12-6-4-7-13(10-12)24(22,23)19(2)3/h4-11H,1-3H3,(H,17,18)(H,20,21). The maximum Gasteiger partial charge on any atom is 0.354 e. The molecule has 1 aromatic heterocycles. The number of pyridine rings is 1. The van der Waals surface area contributed by atoms with Crippen LogP contribution in [0.2, 0.25) is 0 Å². The van der Waals surface area contributed by atoms with Gasteiger partial charge in [-0.25, -0.2) is 22.5 Å². The third-order valence-corrected chi connectivity index (χ3v) is 5.28. The molecule has 24 heavy (non-hydrogen) atoms. The molecular formula is C16H19N3O4S. The molecule has 0 radical (unpaired) electrons. The molecule has 0 amide bonds. The zero-order valence-corrected chi connectivity index (χ0v) is 14.4. The Morgan fingerprint density at radius 1 is 1.21 bits per heavy atom. The monoisotopic (exact) mass is 349 g/mol. The normalized spacial score (nSPS) is 12.8. The first-order valence-electron chi connectivity index (χ1n) is 7.21. The number of hydrogen-bond acceptors (Lipinski definition) is 5. The van der Waals surface area contributed by atoms with Crippen molar-refractivity contribution >= 4 is 21.8 Å². The zero-order chi connectivity index (χ0) is 17.9. The number of nitrogens with one attached hydrogen (secondary N) is 1.